The number of ether oxygens (including phenoxy) is 1. The SMILES string of the molecule is COc1ccccc1C(O)c1cnccc1NC(=O)C(C)(C)C. The molecule has 1 aromatic carbocycles. The van der Waals surface area contributed by atoms with Crippen molar-refractivity contribution in [2.75, 3.05) is 12.4 Å². The van der Waals surface area contributed by atoms with Crippen LogP contribution in [-0.4, -0.2) is 23.1 Å². The molecule has 0 bridgehead atoms. The summed E-state index contributed by atoms with van der Waals surface area (Å²) in [6.07, 6.45) is 2.18. The van der Waals surface area contributed by atoms with Crippen molar-refractivity contribution in [3.8, 4) is 5.75 Å². The van der Waals surface area contributed by atoms with Gasteiger partial charge in [0.1, 0.15) is 11.9 Å². The Morgan fingerprint density at radius 2 is 1.91 bits per heavy atom. The van der Waals surface area contributed by atoms with Gasteiger partial charge in [-0.1, -0.05) is 39.0 Å². The van der Waals surface area contributed by atoms with Crippen LogP contribution >= 0.6 is 0 Å². The lowest BCUT2D eigenvalue weighted by atomic mass is 9.95. The highest BCUT2D eigenvalue weighted by Crippen LogP contribution is 2.33. The Hall–Kier alpha value is -2.40. The summed E-state index contributed by atoms with van der Waals surface area (Å²) in [5.41, 5.74) is 1.15. The van der Waals surface area contributed by atoms with Gasteiger partial charge in [0.15, 0.2) is 0 Å². The Morgan fingerprint density at radius 1 is 1.22 bits per heavy atom. The van der Waals surface area contributed by atoms with E-state index in [1.54, 1.807) is 37.7 Å². The van der Waals surface area contributed by atoms with Crippen LogP contribution in [0.15, 0.2) is 42.7 Å². The number of methoxy groups -OCH3 is 1. The molecule has 0 fully saturated rings. The number of aliphatic hydroxyl groups is 1. The van der Waals surface area contributed by atoms with Gasteiger partial charge in [-0.25, -0.2) is 0 Å². The van der Waals surface area contributed by atoms with Gasteiger partial charge in [-0.3, -0.25) is 9.78 Å². The molecule has 23 heavy (non-hydrogen) atoms. The number of aliphatic hydroxyl groups excluding tert-OH is 1. The molecule has 0 saturated heterocycles. The Bertz CT molecular complexity index is 693. The zero-order valence-electron chi connectivity index (χ0n) is 13.8. The average Bonchev–Trinajstić information content (AvgIpc) is 2.53. The first-order chi connectivity index (χ1) is 10.8. The lowest BCUT2D eigenvalue weighted by Crippen LogP contribution is -2.28. The zero-order chi connectivity index (χ0) is 17.0. The van der Waals surface area contributed by atoms with Crippen LogP contribution in [0.3, 0.4) is 0 Å². The molecule has 5 heteroatoms. The van der Waals surface area contributed by atoms with E-state index in [1.165, 1.54) is 0 Å². The molecule has 5 nitrogen and oxygen atoms in total. The summed E-state index contributed by atoms with van der Waals surface area (Å²) in [6.45, 7) is 5.50. The maximum absolute atomic E-state index is 12.2. The van der Waals surface area contributed by atoms with E-state index in [9.17, 15) is 9.90 Å². The number of nitrogens with one attached hydrogen (secondary N) is 1. The molecule has 1 aromatic heterocycles. The predicted molar refractivity (Wildman–Crippen MR) is 89.4 cm³/mol. The van der Waals surface area contributed by atoms with Crippen molar-refractivity contribution < 1.29 is 14.6 Å². The van der Waals surface area contributed by atoms with Gasteiger partial charge in [0, 0.05) is 34.6 Å². The van der Waals surface area contributed by atoms with E-state index < -0.39 is 11.5 Å². The van der Waals surface area contributed by atoms with Crippen LogP contribution in [0.4, 0.5) is 5.69 Å². The topological polar surface area (TPSA) is 71.5 Å². The molecule has 122 valence electrons. The largest absolute Gasteiger partial charge is 0.496 e. The number of aromatic nitrogens is 1. The summed E-state index contributed by atoms with van der Waals surface area (Å²) >= 11 is 0. The van der Waals surface area contributed by atoms with Gasteiger partial charge in [-0.2, -0.15) is 0 Å². The number of carbonyl (C=O) groups is 1. The second-order valence-corrected chi connectivity index (χ2v) is 6.31. The fourth-order valence-electron chi connectivity index (χ4n) is 2.11. The minimum Gasteiger partial charge on any atom is -0.496 e. The highest BCUT2D eigenvalue weighted by atomic mass is 16.5. The summed E-state index contributed by atoms with van der Waals surface area (Å²) in [7, 11) is 1.55. The molecule has 0 radical (unpaired) electrons. The highest BCUT2D eigenvalue weighted by molar-refractivity contribution is 5.95. The van der Waals surface area contributed by atoms with Gasteiger partial charge in [0.2, 0.25) is 5.91 Å². The maximum atomic E-state index is 12.2. The molecule has 0 aliphatic carbocycles. The number of amides is 1. The van der Waals surface area contributed by atoms with E-state index in [4.69, 9.17) is 4.74 Å². The Labute approximate surface area is 136 Å². The van der Waals surface area contributed by atoms with Crippen molar-refractivity contribution in [3.63, 3.8) is 0 Å². The van der Waals surface area contributed by atoms with Gasteiger partial charge in [-0.05, 0) is 12.1 Å². The third-order valence-electron chi connectivity index (χ3n) is 3.51. The van der Waals surface area contributed by atoms with Crippen LogP contribution in [0.5, 0.6) is 5.75 Å². The van der Waals surface area contributed by atoms with Crippen LogP contribution in [0.2, 0.25) is 0 Å². The lowest BCUT2D eigenvalue weighted by Gasteiger charge is -2.21. The number of para-hydroxylation sites is 1. The summed E-state index contributed by atoms with van der Waals surface area (Å²) < 4.78 is 5.30. The number of nitrogens with zero attached hydrogens (tertiary/aromatic N) is 1. The van der Waals surface area contributed by atoms with E-state index in [2.05, 4.69) is 10.3 Å². The van der Waals surface area contributed by atoms with E-state index in [0.29, 0.717) is 22.6 Å². The van der Waals surface area contributed by atoms with Crippen molar-refractivity contribution in [3.05, 3.63) is 53.9 Å². The number of anilines is 1. The molecule has 0 spiro atoms. The Balaban J connectivity index is 2.38. The van der Waals surface area contributed by atoms with Crippen molar-refractivity contribution in [1.82, 2.24) is 4.98 Å². The fraction of sp³-hybridized carbons (Fsp3) is 0.333. The maximum Gasteiger partial charge on any atom is 0.229 e. The summed E-state index contributed by atoms with van der Waals surface area (Å²) in [5.74, 6) is 0.453. The molecule has 1 heterocycles. The molecule has 1 atom stereocenters. The van der Waals surface area contributed by atoms with Crippen LogP contribution in [0, 0.1) is 5.41 Å². The number of hydrogen-bond acceptors (Lipinski definition) is 4. The van der Waals surface area contributed by atoms with E-state index in [1.807, 2.05) is 32.9 Å². The van der Waals surface area contributed by atoms with Gasteiger partial charge < -0.3 is 15.2 Å². The first-order valence-corrected chi connectivity index (χ1v) is 7.41. The number of carbonyl (C=O) groups excluding carboxylic acids is 1. The van der Waals surface area contributed by atoms with Gasteiger partial charge >= 0.3 is 0 Å². The Kier molecular flexibility index (Phi) is 5.01. The molecule has 0 aliphatic rings. The van der Waals surface area contributed by atoms with E-state index >= 15 is 0 Å². The zero-order valence-corrected chi connectivity index (χ0v) is 13.8. The van der Waals surface area contributed by atoms with Crippen molar-refractivity contribution in [1.29, 1.82) is 0 Å². The minimum atomic E-state index is -0.949. The number of pyridine rings is 1. The molecule has 2 rings (SSSR count). The lowest BCUT2D eigenvalue weighted by molar-refractivity contribution is -0.123. The standard InChI is InChI=1S/C18H22N2O3/c1-18(2,3)17(22)20-14-9-10-19-11-13(14)16(21)12-7-5-6-8-15(12)23-4/h5-11,16,21H,1-4H3,(H,19,20,22). The average molecular weight is 314 g/mol. The van der Waals surface area contributed by atoms with E-state index in [0.717, 1.165) is 0 Å². The molecular weight excluding hydrogens is 292 g/mol. The molecule has 1 amide bonds. The minimum absolute atomic E-state index is 0.128. The quantitative estimate of drug-likeness (QED) is 0.909. The molecule has 2 aromatic rings. The fourth-order valence-corrected chi connectivity index (χ4v) is 2.11. The number of hydrogen-bond donors (Lipinski definition) is 2. The monoisotopic (exact) mass is 314 g/mol. The normalized spacial score (nSPS) is 12.6. The van der Waals surface area contributed by atoms with Crippen LogP contribution in [0.1, 0.15) is 38.0 Å². The smallest absolute Gasteiger partial charge is 0.229 e. The van der Waals surface area contributed by atoms with Crippen LogP contribution in [0.25, 0.3) is 0 Å². The molecule has 0 saturated carbocycles. The molecule has 2 N–H and O–H groups in total. The number of rotatable bonds is 4. The summed E-state index contributed by atoms with van der Waals surface area (Å²) in [5, 5.41) is 13.6. The molecule has 0 aliphatic heterocycles. The number of benzene rings is 1. The summed E-state index contributed by atoms with van der Waals surface area (Å²) in [4.78, 5) is 16.3. The van der Waals surface area contributed by atoms with Crippen LogP contribution in [-0.2, 0) is 4.79 Å². The van der Waals surface area contributed by atoms with Crippen molar-refractivity contribution in [2.45, 2.75) is 26.9 Å². The van der Waals surface area contributed by atoms with Crippen LogP contribution < -0.4 is 10.1 Å². The molecule has 1 unspecified atom stereocenters. The van der Waals surface area contributed by atoms with Crippen molar-refractivity contribution in [2.24, 2.45) is 5.41 Å². The first-order valence-electron chi connectivity index (χ1n) is 7.41. The highest BCUT2D eigenvalue weighted by Gasteiger charge is 2.24. The van der Waals surface area contributed by atoms with Gasteiger partial charge in [0.25, 0.3) is 0 Å². The predicted octanol–water partition coefficient (Wildman–Crippen LogP) is 3.16. The molecular formula is C18H22N2O3. The first kappa shape index (κ1) is 17.0. The third kappa shape index (κ3) is 3.87. The van der Waals surface area contributed by atoms with Gasteiger partial charge in [-0.15, -0.1) is 0 Å². The second-order valence-electron chi connectivity index (χ2n) is 6.31. The summed E-state index contributed by atoms with van der Waals surface area (Å²) in [6, 6.07) is 8.90. The van der Waals surface area contributed by atoms with E-state index in [-0.39, 0.29) is 5.91 Å². The second kappa shape index (κ2) is 6.79. The third-order valence-corrected chi connectivity index (χ3v) is 3.51. The van der Waals surface area contributed by atoms with Gasteiger partial charge in [0.05, 0.1) is 7.11 Å². The van der Waals surface area contributed by atoms with Crippen molar-refractivity contribution >= 4 is 11.6 Å². The Morgan fingerprint density at radius 3 is 2.57 bits per heavy atom.